The first-order valence-electron chi connectivity index (χ1n) is 6.04. The molecular formula is C14H11ClFNO3S. The molecule has 0 aliphatic rings. The topological polar surface area (TPSA) is 55.4 Å². The van der Waals surface area contributed by atoms with Gasteiger partial charge in [0.05, 0.1) is 22.8 Å². The summed E-state index contributed by atoms with van der Waals surface area (Å²) < 4.78 is 18.6. The maximum Gasteiger partial charge on any atom is 0.341 e. The van der Waals surface area contributed by atoms with Crippen molar-refractivity contribution in [3.63, 3.8) is 0 Å². The molecule has 0 radical (unpaired) electrons. The molecule has 1 aromatic heterocycles. The van der Waals surface area contributed by atoms with Gasteiger partial charge in [-0.15, -0.1) is 11.3 Å². The van der Waals surface area contributed by atoms with Crippen LogP contribution in [0.25, 0.3) is 0 Å². The number of carbonyl (C=O) groups is 2. The van der Waals surface area contributed by atoms with E-state index in [1.165, 1.54) is 18.2 Å². The minimum Gasteiger partial charge on any atom is -0.462 e. The zero-order chi connectivity index (χ0) is 15.4. The van der Waals surface area contributed by atoms with Gasteiger partial charge < -0.3 is 10.1 Å². The highest BCUT2D eigenvalue weighted by molar-refractivity contribution is 7.14. The Labute approximate surface area is 129 Å². The van der Waals surface area contributed by atoms with Crippen LogP contribution in [0.1, 0.15) is 27.6 Å². The molecule has 1 heterocycles. The summed E-state index contributed by atoms with van der Waals surface area (Å²) in [5.74, 6) is -1.99. The van der Waals surface area contributed by atoms with Crippen molar-refractivity contribution in [2.45, 2.75) is 6.92 Å². The Bertz CT molecular complexity index is 666. The van der Waals surface area contributed by atoms with Crippen LogP contribution in [-0.2, 0) is 4.74 Å². The molecule has 0 atom stereocenters. The Morgan fingerprint density at radius 2 is 2.14 bits per heavy atom. The molecule has 0 saturated carbocycles. The second-order valence-corrected chi connectivity index (χ2v) is 5.26. The van der Waals surface area contributed by atoms with Gasteiger partial charge in [0, 0.05) is 0 Å². The van der Waals surface area contributed by atoms with Crippen molar-refractivity contribution in [1.29, 1.82) is 0 Å². The molecule has 2 aromatic rings. The number of halogens is 2. The fourth-order valence-corrected chi connectivity index (χ4v) is 2.68. The molecule has 0 saturated heterocycles. The number of hydrogen-bond acceptors (Lipinski definition) is 4. The minimum atomic E-state index is -0.728. The van der Waals surface area contributed by atoms with E-state index in [1.807, 2.05) is 0 Å². The van der Waals surface area contributed by atoms with Crippen molar-refractivity contribution in [1.82, 2.24) is 0 Å². The van der Waals surface area contributed by atoms with Gasteiger partial charge in [-0.25, -0.2) is 9.18 Å². The second-order valence-electron chi connectivity index (χ2n) is 3.93. The van der Waals surface area contributed by atoms with E-state index in [2.05, 4.69) is 5.32 Å². The van der Waals surface area contributed by atoms with Crippen LogP contribution in [0.3, 0.4) is 0 Å². The van der Waals surface area contributed by atoms with Crippen molar-refractivity contribution in [2.75, 3.05) is 11.9 Å². The smallest absolute Gasteiger partial charge is 0.341 e. The molecule has 2 rings (SSSR count). The summed E-state index contributed by atoms with van der Waals surface area (Å²) in [6.45, 7) is 1.91. The number of hydrogen-bond donors (Lipinski definition) is 1. The van der Waals surface area contributed by atoms with Gasteiger partial charge in [-0.05, 0) is 30.5 Å². The third-order valence-corrected chi connectivity index (χ3v) is 3.72. The van der Waals surface area contributed by atoms with E-state index in [0.717, 1.165) is 17.4 Å². The van der Waals surface area contributed by atoms with Gasteiger partial charge in [0.1, 0.15) is 10.8 Å². The predicted octanol–water partition coefficient (Wildman–Crippen LogP) is 3.97. The summed E-state index contributed by atoms with van der Waals surface area (Å²) in [4.78, 5) is 23.8. The van der Waals surface area contributed by atoms with Gasteiger partial charge in [0.2, 0.25) is 0 Å². The van der Waals surface area contributed by atoms with E-state index in [4.69, 9.17) is 16.3 Å². The summed E-state index contributed by atoms with van der Waals surface area (Å²) in [6, 6.07) is 5.49. The van der Waals surface area contributed by atoms with Crippen LogP contribution < -0.4 is 5.32 Å². The Hall–Kier alpha value is -1.92. The van der Waals surface area contributed by atoms with E-state index in [1.54, 1.807) is 12.3 Å². The lowest BCUT2D eigenvalue weighted by molar-refractivity contribution is 0.0528. The van der Waals surface area contributed by atoms with Gasteiger partial charge >= 0.3 is 5.97 Å². The number of esters is 1. The molecule has 110 valence electrons. The van der Waals surface area contributed by atoms with Gasteiger partial charge in [-0.3, -0.25) is 4.79 Å². The van der Waals surface area contributed by atoms with Crippen LogP contribution in [0.15, 0.2) is 29.6 Å². The molecular weight excluding hydrogens is 317 g/mol. The van der Waals surface area contributed by atoms with Crippen molar-refractivity contribution in [3.05, 3.63) is 51.6 Å². The Morgan fingerprint density at radius 1 is 1.38 bits per heavy atom. The first kappa shape index (κ1) is 15.5. The van der Waals surface area contributed by atoms with Crippen LogP contribution in [0.5, 0.6) is 0 Å². The lowest BCUT2D eigenvalue weighted by Crippen LogP contribution is -2.16. The molecule has 1 amide bonds. The summed E-state index contributed by atoms with van der Waals surface area (Å²) in [6.07, 6.45) is 0. The molecule has 0 aliphatic carbocycles. The van der Waals surface area contributed by atoms with E-state index in [-0.39, 0.29) is 27.8 Å². The summed E-state index contributed by atoms with van der Waals surface area (Å²) in [5.41, 5.74) is -0.0370. The summed E-state index contributed by atoms with van der Waals surface area (Å²) in [5, 5.41) is 4.40. The van der Waals surface area contributed by atoms with Crippen LogP contribution in [-0.4, -0.2) is 18.5 Å². The summed E-state index contributed by atoms with van der Waals surface area (Å²) >= 11 is 6.97. The second kappa shape index (κ2) is 6.69. The Kier molecular flexibility index (Phi) is 4.93. The van der Waals surface area contributed by atoms with Gasteiger partial charge in [0.15, 0.2) is 0 Å². The summed E-state index contributed by atoms with van der Waals surface area (Å²) in [7, 11) is 0. The van der Waals surface area contributed by atoms with Gasteiger partial charge in [-0.1, -0.05) is 17.7 Å². The highest BCUT2D eigenvalue weighted by atomic mass is 35.5. The third-order valence-electron chi connectivity index (χ3n) is 2.58. The molecule has 0 fully saturated rings. The van der Waals surface area contributed by atoms with Crippen LogP contribution in [0.2, 0.25) is 5.02 Å². The van der Waals surface area contributed by atoms with Crippen molar-refractivity contribution in [2.24, 2.45) is 0 Å². The molecule has 1 aromatic carbocycles. The average Bonchev–Trinajstić information content (AvgIpc) is 2.87. The molecule has 4 nitrogen and oxygen atoms in total. The number of amides is 1. The van der Waals surface area contributed by atoms with E-state index < -0.39 is 17.7 Å². The predicted molar refractivity (Wildman–Crippen MR) is 79.6 cm³/mol. The first-order chi connectivity index (χ1) is 10.0. The lowest BCUT2D eigenvalue weighted by atomic mass is 10.2. The van der Waals surface area contributed by atoms with Gasteiger partial charge in [-0.2, -0.15) is 0 Å². The lowest BCUT2D eigenvalue weighted by Gasteiger charge is -2.08. The molecule has 1 N–H and O–H groups in total. The number of thiophene rings is 1. The number of nitrogens with one attached hydrogen (secondary N) is 1. The third kappa shape index (κ3) is 3.40. The maximum atomic E-state index is 13.7. The van der Waals surface area contributed by atoms with Gasteiger partial charge in [0.25, 0.3) is 5.91 Å². The minimum absolute atomic E-state index is 0.00161. The molecule has 0 unspecified atom stereocenters. The maximum absolute atomic E-state index is 13.7. The SMILES string of the molecule is CCOC(=O)c1ccsc1NC(=O)c1c(F)cccc1Cl. The normalized spacial score (nSPS) is 10.2. The highest BCUT2D eigenvalue weighted by Gasteiger charge is 2.20. The quantitative estimate of drug-likeness (QED) is 0.864. The monoisotopic (exact) mass is 327 g/mol. The number of benzene rings is 1. The first-order valence-corrected chi connectivity index (χ1v) is 7.30. The highest BCUT2D eigenvalue weighted by Crippen LogP contribution is 2.26. The Balaban J connectivity index is 2.25. The number of ether oxygens (including phenoxy) is 1. The molecule has 0 aliphatic heterocycles. The molecule has 21 heavy (non-hydrogen) atoms. The molecule has 0 bridgehead atoms. The number of rotatable bonds is 4. The zero-order valence-electron chi connectivity index (χ0n) is 11.0. The van der Waals surface area contributed by atoms with Crippen LogP contribution in [0.4, 0.5) is 9.39 Å². The number of carbonyl (C=O) groups excluding carboxylic acids is 2. The fourth-order valence-electron chi connectivity index (χ4n) is 1.66. The number of anilines is 1. The van der Waals surface area contributed by atoms with E-state index in [9.17, 15) is 14.0 Å². The van der Waals surface area contributed by atoms with Crippen molar-refractivity contribution >= 4 is 39.8 Å². The van der Waals surface area contributed by atoms with E-state index >= 15 is 0 Å². The zero-order valence-corrected chi connectivity index (χ0v) is 12.6. The molecule has 7 heteroatoms. The van der Waals surface area contributed by atoms with Crippen molar-refractivity contribution < 1.29 is 18.7 Å². The van der Waals surface area contributed by atoms with E-state index in [0.29, 0.717) is 0 Å². The van der Waals surface area contributed by atoms with Crippen molar-refractivity contribution in [3.8, 4) is 0 Å². The standard InChI is InChI=1S/C14H11ClFNO3S/c1-2-20-14(19)8-6-7-21-13(8)17-12(18)11-9(15)4-3-5-10(11)16/h3-7H,2H2,1H3,(H,17,18). The molecule has 0 spiro atoms. The van der Waals surface area contributed by atoms with Crippen LogP contribution >= 0.6 is 22.9 Å². The van der Waals surface area contributed by atoms with Crippen LogP contribution in [0, 0.1) is 5.82 Å². The largest absolute Gasteiger partial charge is 0.462 e. The average molecular weight is 328 g/mol. The Morgan fingerprint density at radius 3 is 2.81 bits per heavy atom. The fraction of sp³-hybridized carbons (Fsp3) is 0.143.